The van der Waals surface area contributed by atoms with Gasteiger partial charge in [0.1, 0.15) is 5.60 Å². The molecule has 0 aliphatic carbocycles. The number of carbonyl (C=O) groups excluding carboxylic acids is 1. The van der Waals surface area contributed by atoms with Gasteiger partial charge < -0.3 is 19.9 Å². The average molecular weight is 309 g/mol. The highest BCUT2D eigenvalue weighted by Gasteiger charge is 2.24. The smallest absolute Gasteiger partial charge is 0.408 e. The van der Waals surface area contributed by atoms with Crippen LogP contribution in [0.5, 0.6) is 0 Å². The van der Waals surface area contributed by atoms with E-state index < -0.39 is 23.7 Å². The van der Waals surface area contributed by atoms with Gasteiger partial charge in [-0.1, -0.05) is 29.8 Å². The molecule has 0 aliphatic rings. The summed E-state index contributed by atoms with van der Waals surface area (Å²) in [6.45, 7) is 7.24. The molecule has 0 aliphatic heterocycles. The fourth-order valence-corrected chi connectivity index (χ4v) is 1.60. The van der Waals surface area contributed by atoms with Gasteiger partial charge >= 0.3 is 12.1 Å². The Kier molecular flexibility index (Phi) is 6.37. The zero-order chi connectivity index (χ0) is 16.8. The number of carboxylic acids is 1. The number of rotatable bonds is 6. The molecule has 1 atom stereocenters. The van der Waals surface area contributed by atoms with Crippen molar-refractivity contribution < 1.29 is 24.2 Å². The number of hydrogen-bond acceptors (Lipinski definition) is 4. The van der Waals surface area contributed by atoms with Gasteiger partial charge in [0.2, 0.25) is 0 Å². The van der Waals surface area contributed by atoms with E-state index in [0.717, 1.165) is 11.1 Å². The number of benzene rings is 1. The lowest BCUT2D eigenvalue weighted by Crippen LogP contribution is -2.46. The zero-order valence-electron chi connectivity index (χ0n) is 13.4. The monoisotopic (exact) mass is 309 g/mol. The van der Waals surface area contributed by atoms with Gasteiger partial charge in [0.25, 0.3) is 0 Å². The molecule has 6 heteroatoms. The Labute approximate surface area is 130 Å². The minimum absolute atomic E-state index is 0.136. The first-order chi connectivity index (χ1) is 10.2. The van der Waals surface area contributed by atoms with Crippen LogP contribution in [0.15, 0.2) is 24.3 Å². The number of alkyl carbamates (subject to hydrolysis) is 1. The normalized spacial score (nSPS) is 12.5. The van der Waals surface area contributed by atoms with E-state index in [2.05, 4.69) is 5.32 Å². The lowest BCUT2D eigenvalue weighted by molar-refractivity contribution is -0.141. The highest BCUT2D eigenvalue weighted by atomic mass is 16.6. The molecular weight excluding hydrogens is 286 g/mol. The van der Waals surface area contributed by atoms with Crippen LogP contribution in [0.2, 0.25) is 0 Å². The lowest BCUT2D eigenvalue weighted by atomic mass is 10.2. The molecule has 2 N–H and O–H groups in total. The molecule has 122 valence electrons. The van der Waals surface area contributed by atoms with Gasteiger partial charge in [-0.25, -0.2) is 9.59 Å². The molecule has 0 bridgehead atoms. The van der Waals surface area contributed by atoms with E-state index in [1.165, 1.54) is 0 Å². The minimum Gasteiger partial charge on any atom is -0.480 e. The van der Waals surface area contributed by atoms with E-state index in [4.69, 9.17) is 14.6 Å². The number of aliphatic carboxylic acids is 1. The van der Waals surface area contributed by atoms with Crippen LogP contribution in [0.4, 0.5) is 4.79 Å². The van der Waals surface area contributed by atoms with Crippen LogP contribution in [0, 0.1) is 6.92 Å². The molecule has 0 aromatic heterocycles. The molecule has 22 heavy (non-hydrogen) atoms. The van der Waals surface area contributed by atoms with Crippen molar-refractivity contribution in [1.29, 1.82) is 0 Å². The largest absolute Gasteiger partial charge is 0.480 e. The maximum Gasteiger partial charge on any atom is 0.408 e. The summed E-state index contributed by atoms with van der Waals surface area (Å²) in [5.41, 5.74) is 1.39. The molecule has 0 saturated heterocycles. The number of nitrogens with one attached hydrogen (secondary N) is 1. The van der Waals surface area contributed by atoms with Gasteiger partial charge in [-0.2, -0.15) is 0 Å². The second-order valence-electron chi connectivity index (χ2n) is 6.04. The Morgan fingerprint density at radius 3 is 2.32 bits per heavy atom. The first-order valence-electron chi connectivity index (χ1n) is 7.03. The number of carbonyl (C=O) groups is 2. The van der Waals surface area contributed by atoms with Crippen LogP contribution in [0.1, 0.15) is 31.9 Å². The van der Waals surface area contributed by atoms with Crippen LogP contribution in [0.3, 0.4) is 0 Å². The predicted molar refractivity (Wildman–Crippen MR) is 81.6 cm³/mol. The molecule has 6 nitrogen and oxygen atoms in total. The van der Waals surface area contributed by atoms with Crippen LogP contribution >= 0.6 is 0 Å². The molecule has 1 aromatic carbocycles. The van der Waals surface area contributed by atoms with E-state index in [-0.39, 0.29) is 13.2 Å². The summed E-state index contributed by atoms with van der Waals surface area (Å²) in [6, 6.07) is 6.57. The van der Waals surface area contributed by atoms with Crippen LogP contribution in [0.25, 0.3) is 0 Å². The topological polar surface area (TPSA) is 84.9 Å². The van der Waals surface area contributed by atoms with E-state index >= 15 is 0 Å². The molecule has 0 spiro atoms. The van der Waals surface area contributed by atoms with Gasteiger partial charge in [-0.3, -0.25) is 0 Å². The second kappa shape index (κ2) is 7.79. The average Bonchev–Trinajstić information content (AvgIpc) is 2.37. The van der Waals surface area contributed by atoms with E-state index in [1.807, 2.05) is 31.2 Å². The Bertz CT molecular complexity index is 504. The van der Waals surface area contributed by atoms with E-state index in [9.17, 15) is 9.59 Å². The standard InChI is InChI=1S/C16H23NO5/c1-11-5-7-12(8-6-11)9-21-10-13(14(18)19)17-15(20)22-16(2,3)4/h5-8,13H,9-10H2,1-4H3,(H,17,20)(H,18,19)/t13-/m1/s1. The van der Waals surface area contributed by atoms with Gasteiger partial charge in [0.15, 0.2) is 6.04 Å². The summed E-state index contributed by atoms with van der Waals surface area (Å²) < 4.78 is 10.4. The maximum atomic E-state index is 11.6. The third kappa shape index (κ3) is 7.08. The first-order valence-corrected chi connectivity index (χ1v) is 7.03. The molecule has 1 amide bonds. The van der Waals surface area contributed by atoms with Gasteiger partial charge in [0.05, 0.1) is 13.2 Å². The fourth-order valence-electron chi connectivity index (χ4n) is 1.60. The molecule has 0 heterocycles. The van der Waals surface area contributed by atoms with Gasteiger partial charge in [-0.15, -0.1) is 0 Å². The van der Waals surface area contributed by atoms with Crippen LogP contribution < -0.4 is 5.32 Å². The van der Waals surface area contributed by atoms with Crippen LogP contribution in [-0.2, 0) is 20.9 Å². The highest BCUT2D eigenvalue weighted by Crippen LogP contribution is 2.07. The Morgan fingerprint density at radius 2 is 1.82 bits per heavy atom. The quantitative estimate of drug-likeness (QED) is 0.843. The number of carboxylic acid groups (broad SMARTS) is 1. The SMILES string of the molecule is Cc1ccc(COC[C@@H](NC(=O)OC(C)(C)C)C(=O)O)cc1. The Morgan fingerprint density at radius 1 is 1.23 bits per heavy atom. The zero-order valence-corrected chi connectivity index (χ0v) is 13.4. The van der Waals surface area contributed by atoms with Gasteiger partial charge in [0, 0.05) is 0 Å². The molecular formula is C16H23NO5. The van der Waals surface area contributed by atoms with Crippen molar-refractivity contribution >= 4 is 12.1 Å². The Hall–Kier alpha value is -2.08. The van der Waals surface area contributed by atoms with Crippen molar-refractivity contribution in [2.24, 2.45) is 0 Å². The van der Waals surface area contributed by atoms with Gasteiger partial charge in [-0.05, 0) is 33.3 Å². The summed E-state index contributed by atoms with van der Waals surface area (Å²) in [5, 5.41) is 11.4. The molecule has 1 aromatic rings. The molecule has 0 saturated carbocycles. The summed E-state index contributed by atoms with van der Waals surface area (Å²) in [7, 11) is 0. The van der Waals surface area contributed by atoms with Crippen molar-refractivity contribution in [3.8, 4) is 0 Å². The van der Waals surface area contributed by atoms with E-state index in [0.29, 0.717) is 0 Å². The summed E-state index contributed by atoms with van der Waals surface area (Å²) in [4.78, 5) is 22.7. The first kappa shape index (κ1) is 18.0. The van der Waals surface area contributed by atoms with Crippen LogP contribution in [-0.4, -0.2) is 35.4 Å². The molecule has 0 fully saturated rings. The number of aryl methyl sites for hydroxylation is 1. The minimum atomic E-state index is -1.17. The van der Waals surface area contributed by atoms with Crippen molar-refractivity contribution in [2.45, 2.75) is 45.9 Å². The Balaban J connectivity index is 2.46. The van der Waals surface area contributed by atoms with Crippen molar-refractivity contribution in [3.63, 3.8) is 0 Å². The predicted octanol–water partition coefficient (Wildman–Crippen LogP) is 2.49. The van der Waals surface area contributed by atoms with Crippen molar-refractivity contribution in [1.82, 2.24) is 5.32 Å². The number of hydrogen-bond donors (Lipinski definition) is 2. The number of amides is 1. The highest BCUT2D eigenvalue weighted by molar-refractivity contribution is 5.80. The summed E-state index contributed by atoms with van der Waals surface area (Å²) >= 11 is 0. The molecule has 0 radical (unpaired) electrons. The second-order valence-corrected chi connectivity index (χ2v) is 6.04. The maximum absolute atomic E-state index is 11.6. The lowest BCUT2D eigenvalue weighted by Gasteiger charge is -2.22. The molecule has 0 unspecified atom stereocenters. The van der Waals surface area contributed by atoms with Crippen molar-refractivity contribution in [3.05, 3.63) is 35.4 Å². The number of ether oxygens (including phenoxy) is 2. The van der Waals surface area contributed by atoms with E-state index in [1.54, 1.807) is 20.8 Å². The summed E-state index contributed by atoms with van der Waals surface area (Å²) in [5.74, 6) is -1.17. The third-order valence-corrected chi connectivity index (χ3v) is 2.66. The third-order valence-electron chi connectivity index (χ3n) is 2.66. The summed E-state index contributed by atoms with van der Waals surface area (Å²) in [6.07, 6.45) is -0.779. The van der Waals surface area contributed by atoms with Crippen molar-refractivity contribution in [2.75, 3.05) is 6.61 Å². The molecule has 1 rings (SSSR count). The fraction of sp³-hybridized carbons (Fsp3) is 0.500.